The van der Waals surface area contributed by atoms with Gasteiger partial charge in [-0.15, -0.1) is 0 Å². The van der Waals surface area contributed by atoms with E-state index < -0.39 is 23.9 Å². The number of methoxy groups -OCH3 is 1. The number of amides is 1. The van der Waals surface area contributed by atoms with Crippen LogP contribution in [0.3, 0.4) is 0 Å². The van der Waals surface area contributed by atoms with E-state index in [9.17, 15) is 15.0 Å². The summed E-state index contributed by atoms with van der Waals surface area (Å²) < 4.78 is 15.2. The van der Waals surface area contributed by atoms with Crippen LogP contribution in [-0.2, 0) is 16.1 Å². The number of furan rings is 1. The molecule has 7 nitrogen and oxygen atoms in total. The quantitative estimate of drug-likeness (QED) is 0.733. The van der Waals surface area contributed by atoms with E-state index >= 15 is 0 Å². The molecule has 1 amide bonds. The van der Waals surface area contributed by atoms with Crippen LogP contribution in [0.2, 0.25) is 0 Å². The lowest BCUT2D eigenvalue weighted by molar-refractivity contribution is 0.000901. The van der Waals surface area contributed by atoms with Crippen molar-refractivity contribution in [2.75, 3.05) is 13.7 Å². The Morgan fingerprint density at radius 1 is 1.38 bits per heavy atom. The van der Waals surface area contributed by atoms with Gasteiger partial charge in [-0.05, 0) is 32.9 Å². The normalized spacial score (nSPS) is 14.6. The Balaban J connectivity index is 2.46. The molecular formula is C14H23NO6. The van der Waals surface area contributed by atoms with Crippen molar-refractivity contribution >= 4 is 6.09 Å². The van der Waals surface area contributed by atoms with E-state index in [1.54, 1.807) is 32.9 Å². The zero-order chi connectivity index (χ0) is 16.0. The van der Waals surface area contributed by atoms with Crippen molar-refractivity contribution in [3.8, 4) is 0 Å². The number of alkyl carbamates (subject to hydrolysis) is 1. The summed E-state index contributed by atoms with van der Waals surface area (Å²) in [4.78, 5) is 11.4. The van der Waals surface area contributed by atoms with E-state index in [2.05, 4.69) is 5.32 Å². The van der Waals surface area contributed by atoms with Gasteiger partial charge in [-0.2, -0.15) is 0 Å². The second kappa shape index (κ2) is 7.44. The second-order valence-corrected chi connectivity index (χ2v) is 5.63. The van der Waals surface area contributed by atoms with Gasteiger partial charge >= 0.3 is 6.09 Å². The Hall–Kier alpha value is -1.57. The molecule has 0 aliphatic heterocycles. The first-order valence-electron chi connectivity index (χ1n) is 6.63. The summed E-state index contributed by atoms with van der Waals surface area (Å²) in [5, 5.41) is 22.2. The predicted octanol–water partition coefficient (Wildman–Crippen LogP) is 1.34. The van der Waals surface area contributed by atoms with E-state index in [-0.39, 0.29) is 18.9 Å². The monoisotopic (exact) mass is 301 g/mol. The number of nitrogens with one attached hydrogen (secondary N) is 1. The van der Waals surface area contributed by atoms with E-state index in [0.717, 1.165) is 0 Å². The van der Waals surface area contributed by atoms with Crippen LogP contribution >= 0.6 is 0 Å². The molecule has 1 heterocycles. The van der Waals surface area contributed by atoms with Crippen LogP contribution in [0.5, 0.6) is 0 Å². The van der Waals surface area contributed by atoms with Gasteiger partial charge in [0.1, 0.15) is 35.9 Å². The zero-order valence-corrected chi connectivity index (χ0v) is 12.8. The first-order chi connectivity index (χ1) is 9.73. The van der Waals surface area contributed by atoms with Gasteiger partial charge in [0.05, 0.1) is 0 Å². The highest BCUT2D eigenvalue weighted by Gasteiger charge is 2.23. The fourth-order valence-electron chi connectivity index (χ4n) is 1.58. The Morgan fingerprint density at radius 3 is 2.62 bits per heavy atom. The number of hydrogen-bond donors (Lipinski definition) is 3. The Kier molecular flexibility index (Phi) is 6.19. The van der Waals surface area contributed by atoms with E-state index in [0.29, 0.717) is 5.76 Å². The summed E-state index contributed by atoms with van der Waals surface area (Å²) >= 11 is 0. The van der Waals surface area contributed by atoms with Gasteiger partial charge in [0.25, 0.3) is 0 Å². The minimum absolute atomic E-state index is 0.156. The van der Waals surface area contributed by atoms with E-state index in [4.69, 9.17) is 13.9 Å². The van der Waals surface area contributed by atoms with Crippen LogP contribution in [0, 0.1) is 0 Å². The van der Waals surface area contributed by atoms with Crippen LogP contribution in [0.4, 0.5) is 4.79 Å². The Morgan fingerprint density at radius 2 is 2.05 bits per heavy atom. The van der Waals surface area contributed by atoms with Gasteiger partial charge in [-0.25, -0.2) is 4.79 Å². The Labute approximate surface area is 123 Å². The lowest BCUT2D eigenvalue weighted by Crippen LogP contribution is -2.38. The fourth-order valence-corrected chi connectivity index (χ4v) is 1.58. The standard InChI is InChI=1S/C14H23NO6/c1-14(2,3)21-13(18)15-7-10(16)12(17)11-6-5-9(20-11)8-19-4/h5-6,10,12,16-17H,7-8H2,1-4H3,(H,15,18). The zero-order valence-electron chi connectivity index (χ0n) is 12.8. The molecule has 7 heteroatoms. The second-order valence-electron chi connectivity index (χ2n) is 5.63. The molecule has 21 heavy (non-hydrogen) atoms. The fraction of sp³-hybridized carbons (Fsp3) is 0.643. The molecule has 1 aromatic rings. The third-order valence-electron chi connectivity index (χ3n) is 2.48. The molecule has 0 radical (unpaired) electrons. The summed E-state index contributed by atoms with van der Waals surface area (Å²) in [5.74, 6) is 0.749. The van der Waals surface area contributed by atoms with Crippen molar-refractivity contribution < 1.29 is 28.9 Å². The number of carbonyl (C=O) groups excluding carboxylic acids is 1. The molecule has 0 fully saturated rings. The molecule has 0 bridgehead atoms. The van der Waals surface area contributed by atoms with Crippen molar-refractivity contribution in [1.29, 1.82) is 0 Å². The Bertz CT molecular complexity index is 451. The predicted molar refractivity (Wildman–Crippen MR) is 74.6 cm³/mol. The highest BCUT2D eigenvalue weighted by Crippen LogP contribution is 2.20. The van der Waals surface area contributed by atoms with Crippen LogP contribution in [0.25, 0.3) is 0 Å². The summed E-state index contributed by atoms with van der Waals surface area (Å²) in [6.45, 7) is 5.32. The third-order valence-corrected chi connectivity index (χ3v) is 2.48. The van der Waals surface area contributed by atoms with Gasteiger partial charge in [0, 0.05) is 13.7 Å². The summed E-state index contributed by atoms with van der Waals surface area (Å²) in [6, 6.07) is 3.20. The summed E-state index contributed by atoms with van der Waals surface area (Å²) in [5.41, 5.74) is -0.621. The van der Waals surface area contributed by atoms with Gasteiger partial charge in [-0.3, -0.25) is 0 Å². The molecule has 1 rings (SSSR count). The van der Waals surface area contributed by atoms with Crippen molar-refractivity contribution in [3.05, 3.63) is 23.7 Å². The van der Waals surface area contributed by atoms with Crippen molar-refractivity contribution in [3.63, 3.8) is 0 Å². The summed E-state index contributed by atoms with van der Waals surface area (Å²) in [7, 11) is 1.53. The molecule has 3 N–H and O–H groups in total. The lowest BCUT2D eigenvalue weighted by atomic mass is 10.1. The lowest BCUT2D eigenvalue weighted by Gasteiger charge is -2.21. The third kappa shape index (κ3) is 6.16. The van der Waals surface area contributed by atoms with Crippen LogP contribution in [0.15, 0.2) is 16.5 Å². The summed E-state index contributed by atoms with van der Waals surface area (Å²) in [6.07, 6.45) is -3.11. The molecular weight excluding hydrogens is 278 g/mol. The average Bonchev–Trinajstić information content (AvgIpc) is 2.82. The van der Waals surface area contributed by atoms with Gasteiger partial charge in [0.2, 0.25) is 0 Å². The molecule has 120 valence electrons. The van der Waals surface area contributed by atoms with Crippen LogP contribution in [-0.4, -0.2) is 41.7 Å². The smallest absolute Gasteiger partial charge is 0.407 e. The topological polar surface area (TPSA) is 101 Å². The number of ether oxygens (including phenoxy) is 2. The van der Waals surface area contributed by atoms with E-state index in [1.165, 1.54) is 7.11 Å². The minimum atomic E-state index is -1.24. The first kappa shape index (κ1) is 17.5. The molecule has 2 atom stereocenters. The molecule has 0 aromatic carbocycles. The molecule has 0 aliphatic carbocycles. The van der Waals surface area contributed by atoms with Crippen molar-refractivity contribution in [1.82, 2.24) is 5.32 Å². The van der Waals surface area contributed by atoms with Gasteiger partial charge < -0.3 is 29.4 Å². The molecule has 0 saturated heterocycles. The van der Waals surface area contributed by atoms with Crippen LogP contribution < -0.4 is 5.32 Å². The van der Waals surface area contributed by atoms with Gasteiger partial charge in [0.15, 0.2) is 0 Å². The first-order valence-corrected chi connectivity index (χ1v) is 6.63. The maximum absolute atomic E-state index is 11.4. The molecule has 2 unspecified atom stereocenters. The number of carbonyl (C=O) groups is 1. The molecule has 0 spiro atoms. The SMILES string of the molecule is COCc1ccc(C(O)C(O)CNC(=O)OC(C)(C)C)o1. The number of hydrogen-bond acceptors (Lipinski definition) is 6. The minimum Gasteiger partial charge on any atom is -0.461 e. The van der Waals surface area contributed by atoms with Crippen LogP contribution in [0.1, 0.15) is 38.4 Å². The number of aliphatic hydroxyl groups excluding tert-OH is 2. The highest BCUT2D eigenvalue weighted by atomic mass is 16.6. The van der Waals surface area contributed by atoms with Crippen molar-refractivity contribution in [2.24, 2.45) is 0 Å². The number of rotatable bonds is 6. The van der Waals surface area contributed by atoms with Gasteiger partial charge in [-0.1, -0.05) is 0 Å². The van der Waals surface area contributed by atoms with E-state index in [1.807, 2.05) is 0 Å². The highest BCUT2D eigenvalue weighted by molar-refractivity contribution is 5.67. The molecule has 1 aromatic heterocycles. The molecule has 0 saturated carbocycles. The average molecular weight is 301 g/mol. The molecule has 0 aliphatic rings. The number of aliphatic hydroxyl groups is 2. The maximum atomic E-state index is 11.4. The largest absolute Gasteiger partial charge is 0.461 e. The van der Waals surface area contributed by atoms with Crippen molar-refractivity contribution in [2.45, 2.75) is 45.2 Å². The maximum Gasteiger partial charge on any atom is 0.407 e.